The van der Waals surface area contributed by atoms with Crippen LogP contribution in [0.1, 0.15) is 31.4 Å². The summed E-state index contributed by atoms with van der Waals surface area (Å²) in [5.41, 5.74) is 2.48. The van der Waals surface area contributed by atoms with Crippen molar-refractivity contribution in [3.8, 4) is 0 Å². The van der Waals surface area contributed by atoms with E-state index in [1.807, 2.05) is 38.1 Å². The Morgan fingerprint density at radius 3 is 2.12 bits per heavy atom. The molecule has 3 heteroatoms. The van der Waals surface area contributed by atoms with Crippen LogP contribution in [0.3, 0.4) is 0 Å². The van der Waals surface area contributed by atoms with Crippen LogP contribution in [0.4, 0.5) is 0 Å². The number of rotatable bonds is 6. The first-order chi connectivity index (χ1) is 11.6. The maximum atomic E-state index is 6.09. The maximum Gasteiger partial charge on any atom is 0.163 e. The minimum absolute atomic E-state index is 0.0613. The van der Waals surface area contributed by atoms with Crippen molar-refractivity contribution in [3.05, 3.63) is 71.8 Å². The molecule has 0 radical (unpaired) electrons. The Kier molecular flexibility index (Phi) is 5.67. The van der Waals surface area contributed by atoms with E-state index in [1.165, 1.54) is 11.1 Å². The van der Waals surface area contributed by atoms with Gasteiger partial charge in [0.15, 0.2) is 5.79 Å². The zero-order chi connectivity index (χ0) is 16.8. The van der Waals surface area contributed by atoms with Gasteiger partial charge in [-0.2, -0.15) is 0 Å². The highest BCUT2D eigenvalue weighted by Crippen LogP contribution is 2.29. The highest BCUT2D eigenvalue weighted by Gasteiger charge is 2.35. The normalized spacial score (nSPS) is 23.1. The Labute approximate surface area is 144 Å². The van der Waals surface area contributed by atoms with Crippen LogP contribution in [0.2, 0.25) is 0 Å². The van der Waals surface area contributed by atoms with Crippen molar-refractivity contribution >= 4 is 0 Å². The second-order valence-electron chi connectivity index (χ2n) is 6.81. The molecule has 24 heavy (non-hydrogen) atoms. The van der Waals surface area contributed by atoms with Crippen LogP contribution in [0.25, 0.3) is 0 Å². The maximum absolute atomic E-state index is 6.09. The minimum atomic E-state index is -0.571. The number of hydrogen-bond donors (Lipinski definition) is 0. The zero-order valence-electron chi connectivity index (χ0n) is 14.5. The van der Waals surface area contributed by atoms with Gasteiger partial charge in [-0.3, -0.25) is 0 Å². The Balaban J connectivity index is 1.53. The zero-order valence-corrected chi connectivity index (χ0v) is 14.5. The van der Waals surface area contributed by atoms with E-state index >= 15 is 0 Å². The SMILES string of the molecule is CC1(C)O[C@@H](COCc2ccccc2)C[C@H](Cc2ccccc2)O1. The summed E-state index contributed by atoms with van der Waals surface area (Å²) in [5.74, 6) is -0.571. The van der Waals surface area contributed by atoms with E-state index in [0.29, 0.717) is 13.2 Å². The van der Waals surface area contributed by atoms with Crippen molar-refractivity contribution < 1.29 is 14.2 Å². The van der Waals surface area contributed by atoms with E-state index < -0.39 is 5.79 Å². The van der Waals surface area contributed by atoms with Crippen molar-refractivity contribution in [1.29, 1.82) is 0 Å². The van der Waals surface area contributed by atoms with Gasteiger partial charge in [0.25, 0.3) is 0 Å². The van der Waals surface area contributed by atoms with Crippen molar-refractivity contribution in [2.75, 3.05) is 6.61 Å². The molecule has 3 rings (SSSR count). The van der Waals surface area contributed by atoms with Gasteiger partial charge >= 0.3 is 0 Å². The number of benzene rings is 2. The van der Waals surface area contributed by atoms with E-state index in [1.54, 1.807) is 0 Å². The van der Waals surface area contributed by atoms with Gasteiger partial charge < -0.3 is 14.2 Å². The lowest BCUT2D eigenvalue weighted by molar-refractivity contribution is -0.305. The average molecular weight is 326 g/mol. The standard InChI is InChI=1S/C21H26O3/c1-21(2)23-19(13-17-9-5-3-6-10-17)14-20(24-21)16-22-15-18-11-7-4-8-12-18/h3-12,19-20H,13-16H2,1-2H3/t19-,20+/m0/s1. The fraction of sp³-hybridized carbons (Fsp3) is 0.429. The fourth-order valence-corrected chi connectivity index (χ4v) is 3.21. The molecule has 1 saturated heterocycles. The third-order valence-corrected chi connectivity index (χ3v) is 4.15. The molecule has 0 N–H and O–H groups in total. The lowest BCUT2D eigenvalue weighted by Gasteiger charge is -2.40. The van der Waals surface area contributed by atoms with Gasteiger partial charge in [0.2, 0.25) is 0 Å². The Hall–Kier alpha value is -1.68. The van der Waals surface area contributed by atoms with Gasteiger partial charge in [0.1, 0.15) is 0 Å². The molecule has 0 aliphatic carbocycles. The molecule has 1 fully saturated rings. The summed E-state index contributed by atoms with van der Waals surface area (Å²) >= 11 is 0. The highest BCUT2D eigenvalue weighted by atomic mass is 16.7. The molecule has 0 aromatic heterocycles. The van der Waals surface area contributed by atoms with Gasteiger partial charge in [-0.15, -0.1) is 0 Å². The second kappa shape index (κ2) is 7.93. The fourth-order valence-electron chi connectivity index (χ4n) is 3.21. The minimum Gasteiger partial charge on any atom is -0.374 e. The topological polar surface area (TPSA) is 27.7 Å². The summed E-state index contributed by atoms with van der Waals surface area (Å²) < 4.78 is 18.0. The average Bonchev–Trinajstić information content (AvgIpc) is 2.55. The molecule has 0 bridgehead atoms. The Morgan fingerprint density at radius 2 is 1.46 bits per heavy atom. The molecular weight excluding hydrogens is 300 g/mol. The van der Waals surface area contributed by atoms with Crippen molar-refractivity contribution in [1.82, 2.24) is 0 Å². The Morgan fingerprint density at radius 1 is 0.875 bits per heavy atom. The van der Waals surface area contributed by atoms with Crippen LogP contribution >= 0.6 is 0 Å². The first kappa shape index (κ1) is 17.2. The van der Waals surface area contributed by atoms with Crippen molar-refractivity contribution in [3.63, 3.8) is 0 Å². The molecule has 2 atom stereocenters. The summed E-state index contributed by atoms with van der Waals surface area (Å²) in [6, 6.07) is 20.7. The van der Waals surface area contributed by atoms with Crippen molar-refractivity contribution in [2.24, 2.45) is 0 Å². The molecule has 1 aliphatic rings. The predicted molar refractivity (Wildman–Crippen MR) is 94.7 cm³/mol. The Bertz CT molecular complexity index is 609. The van der Waals surface area contributed by atoms with Gasteiger partial charge in [0.05, 0.1) is 25.4 Å². The first-order valence-electron chi connectivity index (χ1n) is 8.62. The summed E-state index contributed by atoms with van der Waals surface area (Å²) in [4.78, 5) is 0. The number of ether oxygens (including phenoxy) is 3. The predicted octanol–water partition coefficient (Wildman–Crippen LogP) is 4.36. The van der Waals surface area contributed by atoms with Crippen molar-refractivity contribution in [2.45, 2.75) is 51.3 Å². The second-order valence-corrected chi connectivity index (χ2v) is 6.81. The van der Waals surface area contributed by atoms with Crippen LogP contribution in [-0.4, -0.2) is 24.6 Å². The molecule has 0 saturated carbocycles. The van der Waals surface area contributed by atoms with Gasteiger partial charge in [0, 0.05) is 6.42 Å². The summed E-state index contributed by atoms with van der Waals surface area (Å²) in [6.07, 6.45) is 1.98. The molecular formula is C21H26O3. The van der Waals surface area contributed by atoms with Crippen LogP contribution in [0.15, 0.2) is 60.7 Å². The smallest absolute Gasteiger partial charge is 0.163 e. The molecule has 3 nitrogen and oxygen atoms in total. The highest BCUT2D eigenvalue weighted by molar-refractivity contribution is 5.16. The molecule has 0 amide bonds. The lowest BCUT2D eigenvalue weighted by Crippen LogP contribution is -2.46. The molecule has 0 unspecified atom stereocenters. The van der Waals surface area contributed by atoms with E-state index in [9.17, 15) is 0 Å². The van der Waals surface area contributed by atoms with Gasteiger partial charge in [-0.25, -0.2) is 0 Å². The lowest BCUT2D eigenvalue weighted by atomic mass is 10.0. The van der Waals surface area contributed by atoms with Gasteiger partial charge in [-0.05, 0) is 31.4 Å². The summed E-state index contributed by atoms with van der Waals surface area (Å²) in [5, 5.41) is 0. The quantitative estimate of drug-likeness (QED) is 0.789. The van der Waals surface area contributed by atoms with Crippen LogP contribution in [-0.2, 0) is 27.2 Å². The van der Waals surface area contributed by atoms with Crippen LogP contribution in [0, 0.1) is 0 Å². The summed E-state index contributed by atoms with van der Waals surface area (Å²) in [7, 11) is 0. The molecule has 0 spiro atoms. The van der Waals surface area contributed by atoms with E-state index in [4.69, 9.17) is 14.2 Å². The third-order valence-electron chi connectivity index (χ3n) is 4.15. The van der Waals surface area contributed by atoms with E-state index in [0.717, 1.165) is 12.8 Å². The third kappa shape index (κ3) is 5.17. The molecule has 128 valence electrons. The van der Waals surface area contributed by atoms with E-state index in [-0.39, 0.29) is 12.2 Å². The molecule has 2 aromatic carbocycles. The molecule has 2 aromatic rings. The first-order valence-corrected chi connectivity index (χ1v) is 8.62. The van der Waals surface area contributed by atoms with Gasteiger partial charge in [-0.1, -0.05) is 60.7 Å². The number of hydrogen-bond acceptors (Lipinski definition) is 3. The molecule has 1 heterocycles. The summed E-state index contributed by atoms with van der Waals surface area (Å²) in [6.45, 7) is 5.17. The van der Waals surface area contributed by atoms with Crippen LogP contribution < -0.4 is 0 Å². The van der Waals surface area contributed by atoms with E-state index in [2.05, 4.69) is 36.4 Å². The monoisotopic (exact) mass is 326 g/mol. The molecule has 1 aliphatic heterocycles. The largest absolute Gasteiger partial charge is 0.374 e. The van der Waals surface area contributed by atoms with Crippen LogP contribution in [0.5, 0.6) is 0 Å².